The van der Waals surface area contributed by atoms with Gasteiger partial charge in [-0.25, -0.2) is 4.68 Å². The van der Waals surface area contributed by atoms with Crippen LogP contribution < -0.4 is 4.74 Å². The molecule has 7 heteroatoms. The van der Waals surface area contributed by atoms with E-state index in [1.54, 1.807) is 31.4 Å². The maximum Gasteiger partial charge on any atom is 0.268 e. The van der Waals surface area contributed by atoms with E-state index in [9.17, 15) is 10.1 Å². The molecule has 0 fully saturated rings. The first kappa shape index (κ1) is 14.7. The largest absolute Gasteiger partial charge is 0.497 e. The quantitative estimate of drug-likeness (QED) is 0.534. The number of hydrogen-bond acceptors (Lipinski definition) is 5. The molecule has 0 amide bonds. The van der Waals surface area contributed by atoms with Crippen LogP contribution in [0.1, 0.15) is 5.56 Å². The number of methoxy groups -OCH3 is 1. The molecule has 0 aliphatic heterocycles. The van der Waals surface area contributed by atoms with Crippen LogP contribution in [0.25, 0.3) is 17.1 Å². The molecule has 3 aromatic rings. The predicted molar refractivity (Wildman–Crippen MR) is 85.5 cm³/mol. The predicted octanol–water partition coefficient (Wildman–Crippen LogP) is 2.76. The van der Waals surface area contributed by atoms with Gasteiger partial charge in [0.2, 0.25) is 0 Å². The molecule has 116 valence electrons. The fraction of sp³-hybridized carbons (Fsp3) is 0.125. The van der Waals surface area contributed by atoms with Crippen molar-refractivity contribution in [2.45, 2.75) is 6.54 Å². The number of rotatable bonds is 5. The molecule has 7 nitrogen and oxygen atoms in total. The second-order valence-electron chi connectivity index (χ2n) is 4.90. The number of aromatic nitrogens is 3. The van der Waals surface area contributed by atoms with E-state index in [-0.39, 0.29) is 12.2 Å². The number of benzene rings is 2. The zero-order chi connectivity index (χ0) is 16.2. The molecule has 1 aromatic heterocycles. The second-order valence-corrected chi connectivity index (χ2v) is 4.90. The maximum atomic E-state index is 11.3. The molecule has 0 N–H and O–H groups in total. The van der Waals surface area contributed by atoms with E-state index in [1.165, 1.54) is 10.8 Å². The Balaban J connectivity index is 1.92. The Morgan fingerprint density at radius 1 is 1.26 bits per heavy atom. The molecule has 0 saturated heterocycles. The Bertz CT molecular complexity index is 868. The maximum absolute atomic E-state index is 11.3. The SMILES string of the molecule is COc1ccc(/C=C(/Cn2nnc3ccccc32)[N+](=O)[O-])cc1. The van der Waals surface area contributed by atoms with Crippen molar-refractivity contribution in [3.05, 3.63) is 69.9 Å². The van der Waals surface area contributed by atoms with E-state index in [0.717, 1.165) is 11.1 Å². The first-order valence-electron chi connectivity index (χ1n) is 6.94. The first-order valence-corrected chi connectivity index (χ1v) is 6.94. The van der Waals surface area contributed by atoms with Crippen LogP contribution in [0.3, 0.4) is 0 Å². The number of ether oxygens (including phenoxy) is 1. The summed E-state index contributed by atoms with van der Waals surface area (Å²) in [6.45, 7) is 0.0412. The molecule has 0 unspecified atom stereocenters. The van der Waals surface area contributed by atoms with Gasteiger partial charge in [-0.2, -0.15) is 0 Å². The summed E-state index contributed by atoms with van der Waals surface area (Å²) >= 11 is 0. The summed E-state index contributed by atoms with van der Waals surface area (Å²) in [7, 11) is 1.57. The van der Waals surface area contributed by atoms with Crippen molar-refractivity contribution < 1.29 is 9.66 Å². The Kier molecular flexibility index (Phi) is 4.01. The lowest BCUT2D eigenvalue weighted by Crippen LogP contribution is -2.09. The lowest BCUT2D eigenvalue weighted by molar-refractivity contribution is -0.427. The number of allylic oxidation sites excluding steroid dienone is 1. The summed E-state index contributed by atoms with van der Waals surface area (Å²) in [5.74, 6) is 0.701. The molecular formula is C16H14N4O3. The van der Waals surface area contributed by atoms with Crippen LogP contribution in [0.4, 0.5) is 0 Å². The van der Waals surface area contributed by atoms with Gasteiger partial charge in [0, 0.05) is 6.08 Å². The van der Waals surface area contributed by atoms with Crippen LogP contribution in [-0.2, 0) is 6.54 Å². The Labute approximate surface area is 132 Å². The van der Waals surface area contributed by atoms with E-state index in [0.29, 0.717) is 11.3 Å². The van der Waals surface area contributed by atoms with E-state index >= 15 is 0 Å². The summed E-state index contributed by atoms with van der Waals surface area (Å²) in [5.41, 5.74) is 2.22. The minimum absolute atomic E-state index is 0.0332. The third-order valence-corrected chi connectivity index (χ3v) is 3.42. The highest BCUT2D eigenvalue weighted by atomic mass is 16.6. The highest BCUT2D eigenvalue weighted by molar-refractivity contribution is 5.74. The number of hydrogen-bond donors (Lipinski definition) is 0. The molecule has 0 bridgehead atoms. The molecule has 0 aliphatic carbocycles. The average molecular weight is 310 g/mol. The van der Waals surface area contributed by atoms with Crippen LogP contribution in [0.5, 0.6) is 5.75 Å². The molecular weight excluding hydrogens is 296 g/mol. The van der Waals surface area contributed by atoms with E-state index in [4.69, 9.17) is 4.74 Å². The van der Waals surface area contributed by atoms with Gasteiger partial charge in [-0.3, -0.25) is 10.1 Å². The van der Waals surface area contributed by atoms with Crippen molar-refractivity contribution in [1.82, 2.24) is 15.0 Å². The van der Waals surface area contributed by atoms with Crippen LogP contribution in [0.2, 0.25) is 0 Å². The molecule has 0 saturated carbocycles. The number of nitro groups is 1. The van der Waals surface area contributed by atoms with Gasteiger partial charge < -0.3 is 4.74 Å². The van der Waals surface area contributed by atoms with Crippen LogP contribution in [0, 0.1) is 10.1 Å². The topological polar surface area (TPSA) is 83.1 Å². The zero-order valence-electron chi connectivity index (χ0n) is 12.4. The summed E-state index contributed by atoms with van der Waals surface area (Å²) in [6.07, 6.45) is 1.52. The van der Waals surface area contributed by atoms with Crippen LogP contribution in [-0.4, -0.2) is 27.0 Å². The van der Waals surface area contributed by atoms with E-state index in [2.05, 4.69) is 10.3 Å². The number of nitrogens with zero attached hydrogens (tertiary/aromatic N) is 4. The van der Waals surface area contributed by atoms with Gasteiger partial charge in [-0.1, -0.05) is 29.5 Å². The van der Waals surface area contributed by atoms with Crippen molar-refractivity contribution >= 4 is 17.1 Å². The van der Waals surface area contributed by atoms with Gasteiger partial charge in [0.15, 0.2) is 0 Å². The Morgan fingerprint density at radius 2 is 2.00 bits per heavy atom. The molecule has 0 aliphatic rings. The Hall–Kier alpha value is -3.22. The summed E-state index contributed by atoms with van der Waals surface area (Å²) in [5, 5.41) is 19.3. The van der Waals surface area contributed by atoms with Crippen molar-refractivity contribution in [3.63, 3.8) is 0 Å². The van der Waals surface area contributed by atoms with Crippen molar-refractivity contribution in [3.8, 4) is 5.75 Å². The molecule has 0 radical (unpaired) electrons. The molecule has 2 aromatic carbocycles. The lowest BCUT2D eigenvalue weighted by Gasteiger charge is -2.02. The highest BCUT2D eigenvalue weighted by Crippen LogP contribution is 2.16. The van der Waals surface area contributed by atoms with Gasteiger partial charge in [0.05, 0.1) is 17.5 Å². The average Bonchev–Trinajstić information content (AvgIpc) is 2.98. The molecule has 23 heavy (non-hydrogen) atoms. The smallest absolute Gasteiger partial charge is 0.268 e. The van der Waals surface area contributed by atoms with Gasteiger partial charge in [-0.05, 0) is 29.8 Å². The summed E-state index contributed by atoms with van der Waals surface area (Å²) < 4.78 is 6.60. The van der Waals surface area contributed by atoms with Crippen molar-refractivity contribution in [1.29, 1.82) is 0 Å². The lowest BCUT2D eigenvalue weighted by atomic mass is 10.2. The van der Waals surface area contributed by atoms with Crippen LogP contribution >= 0.6 is 0 Å². The normalized spacial score (nSPS) is 11.6. The number of para-hydroxylation sites is 1. The minimum atomic E-state index is -0.402. The Morgan fingerprint density at radius 3 is 2.70 bits per heavy atom. The first-order chi connectivity index (χ1) is 11.2. The molecule has 0 atom stereocenters. The molecule has 1 heterocycles. The summed E-state index contributed by atoms with van der Waals surface area (Å²) in [6, 6.07) is 14.4. The second kappa shape index (κ2) is 6.27. The number of fused-ring (bicyclic) bond motifs is 1. The third-order valence-electron chi connectivity index (χ3n) is 3.42. The zero-order valence-corrected chi connectivity index (χ0v) is 12.4. The monoisotopic (exact) mass is 310 g/mol. The highest BCUT2D eigenvalue weighted by Gasteiger charge is 2.15. The van der Waals surface area contributed by atoms with E-state index < -0.39 is 4.92 Å². The fourth-order valence-electron chi connectivity index (χ4n) is 2.24. The standard InChI is InChI=1S/C16H14N4O3/c1-23-14-8-6-12(7-9-14)10-13(20(21)22)11-19-16-5-3-2-4-15(16)17-18-19/h2-10H,11H2,1H3/b13-10-. The third kappa shape index (κ3) is 3.18. The fourth-order valence-corrected chi connectivity index (χ4v) is 2.24. The molecule has 0 spiro atoms. The summed E-state index contributed by atoms with van der Waals surface area (Å²) in [4.78, 5) is 10.9. The van der Waals surface area contributed by atoms with Crippen molar-refractivity contribution in [2.75, 3.05) is 7.11 Å². The van der Waals surface area contributed by atoms with Crippen LogP contribution in [0.15, 0.2) is 54.2 Å². The van der Waals surface area contributed by atoms with Gasteiger partial charge >= 0.3 is 0 Å². The van der Waals surface area contributed by atoms with Gasteiger partial charge in [-0.15, -0.1) is 5.10 Å². The molecule has 3 rings (SSSR count). The van der Waals surface area contributed by atoms with E-state index in [1.807, 2.05) is 24.3 Å². The van der Waals surface area contributed by atoms with Gasteiger partial charge in [0.25, 0.3) is 5.70 Å². The van der Waals surface area contributed by atoms with Gasteiger partial charge in [0.1, 0.15) is 17.8 Å². The van der Waals surface area contributed by atoms with Crippen molar-refractivity contribution in [2.24, 2.45) is 0 Å². The minimum Gasteiger partial charge on any atom is -0.497 e.